The van der Waals surface area contributed by atoms with Crippen molar-refractivity contribution in [2.24, 2.45) is 11.8 Å². The van der Waals surface area contributed by atoms with Gasteiger partial charge in [-0.2, -0.15) is 13.2 Å². The average Bonchev–Trinajstić information content (AvgIpc) is 3.77. The number of hydrogen-bond donors (Lipinski definition) is 3. The van der Waals surface area contributed by atoms with E-state index in [0.717, 1.165) is 41.2 Å². The summed E-state index contributed by atoms with van der Waals surface area (Å²) in [6.07, 6.45) is -1.09. The Kier molecular flexibility index (Phi) is 8.34. The van der Waals surface area contributed by atoms with Gasteiger partial charge in [-0.1, -0.05) is 55.0 Å². The molecule has 0 heterocycles. The number of hydrogen-bond acceptors (Lipinski definition) is 3. The Balaban J connectivity index is 1.30. The summed E-state index contributed by atoms with van der Waals surface area (Å²) in [6.45, 7) is 0. The summed E-state index contributed by atoms with van der Waals surface area (Å²) in [6, 6.07) is 17.2. The van der Waals surface area contributed by atoms with Crippen LogP contribution in [0.25, 0.3) is 11.1 Å². The molecule has 0 aromatic heterocycles. The molecular weight excluding hydrogens is 552 g/mol. The van der Waals surface area contributed by atoms with E-state index in [4.69, 9.17) is 0 Å². The van der Waals surface area contributed by atoms with Crippen molar-refractivity contribution in [1.82, 2.24) is 5.32 Å². The molecule has 42 heavy (non-hydrogen) atoms. The number of rotatable bonds is 8. The van der Waals surface area contributed by atoms with Crippen LogP contribution in [0, 0.1) is 17.7 Å². The molecule has 5 rings (SSSR count). The van der Waals surface area contributed by atoms with Crippen LogP contribution in [-0.4, -0.2) is 28.9 Å². The molecule has 2 amide bonds. The normalized spacial score (nSPS) is 20.5. The Morgan fingerprint density at radius 3 is 2.26 bits per heavy atom. The lowest BCUT2D eigenvalue weighted by atomic mass is 9.69. The minimum absolute atomic E-state index is 0.0124. The highest BCUT2D eigenvalue weighted by atomic mass is 19.4. The molecule has 0 radical (unpaired) electrons. The van der Waals surface area contributed by atoms with Crippen molar-refractivity contribution in [2.45, 2.75) is 56.7 Å². The summed E-state index contributed by atoms with van der Waals surface area (Å²) in [5.41, 5.74) is 1.80. The molecular formula is C32H30F4N2O4. The van der Waals surface area contributed by atoms with Gasteiger partial charge in [0.2, 0.25) is 11.8 Å². The van der Waals surface area contributed by atoms with E-state index in [0.29, 0.717) is 31.0 Å². The highest BCUT2D eigenvalue weighted by Crippen LogP contribution is 2.43. The number of nitrogens with one attached hydrogen (secondary N) is 2. The maximum Gasteiger partial charge on any atom is 0.416 e. The van der Waals surface area contributed by atoms with Crippen LogP contribution in [-0.2, 0) is 27.0 Å². The van der Waals surface area contributed by atoms with Gasteiger partial charge in [-0.25, -0.2) is 4.39 Å². The van der Waals surface area contributed by atoms with Crippen LogP contribution >= 0.6 is 0 Å². The van der Waals surface area contributed by atoms with E-state index < -0.39 is 52.9 Å². The van der Waals surface area contributed by atoms with E-state index in [9.17, 15) is 37.1 Å². The summed E-state index contributed by atoms with van der Waals surface area (Å²) < 4.78 is 53.0. The number of aliphatic carboxylic acids is 1. The number of carbonyl (C=O) groups excluding carboxylic acids is 2. The van der Waals surface area contributed by atoms with Crippen LogP contribution in [0.15, 0.2) is 66.7 Å². The maximum atomic E-state index is 14.4. The van der Waals surface area contributed by atoms with Gasteiger partial charge in [0.1, 0.15) is 5.82 Å². The number of anilines is 1. The van der Waals surface area contributed by atoms with Crippen molar-refractivity contribution in [3.8, 4) is 11.1 Å². The van der Waals surface area contributed by atoms with Crippen molar-refractivity contribution >= 4 is 23.5 Å². The highest BCUT2D eigenvalue weighted by molar-refractivity contribution is 5.95. The monoisotopic (exact) mass is 582 g/mol. The van der Waals surface area contributed by atoms with Crippen LogP contribution in [0.3, 0.4) is 0 Å². The zero-order chi connectivity index (χ0) is 30.0. The molecule has 10 heteroatoms. The van der Waals surface area contributed by atoms with Gasteiger partial charge in [0, 0.05) is 6.04 Å². The van der Waals surface area contributed by atoms with Gasteiger partial charge < -0.3 is 15.7 Å². The Hall–Kier alpha value is -4.21. The lowest BCUT2D eigenvalue weighted by Gasteiger charge is -2.35. The van der Waals surface area contributed by atoms with Crippen molar-refractivity contribution in [3.05, 3.63) is 89.2 Å². The van der Waals surface area contributed by atoms with Crippen LogP contribution in [0.5, 0.6) is 0 Å². The number of carboxylic acids is 1. The zero-order valence-electron chi connectivity index (χ0n) is 22.6. The van der Waals surface area contributed by atoms with E-state index >= 15 is 0 Å². The molecule has 6 nitrogen and oxygen atoms in total. The molecule has 3 aromatic rings. The molecule has 0 bridgehead atoms. The van der Waals surface area contributed by atoms with Crippen LogP contribution < -0.4 is 10.6 Å². The van der Waals surface area contributed by atoms with Gasteiger partial charge in [0.25, 0.3) is 0 Å². The molecule has 3 aromatic carbocycles. The Labute approximate surface area is 240 Å². The van der Waals surface area contributed by atoms with E-state index in [1.807, 2.05) is 48.5 Å². The summed E-state index contributed by atoms with van der Waals surface area (Å²) in [5, 5.41) is 15.4. The number of halogens is 4. The molecule has 2 aliphatic carbocycles. The molecule has 0 unspecified atom stereocenters. The van der Waals surface area contributed by atoms with Gasteiger partial charge in [-0.3, -0.25) is 14.4 Å². The fourth-order valence-corrected chi connectivity index (χ4v) is 5.70. The second-order valence-electron chi connectivity index (χ2n) is 11.0. The third kappa shape index (κ3) is 6.80. The van der Waals surface area contributed by atoms with Crippen LogP contribution in [0.1, 0.15) is 54.7 Å². The zero-order valence-corrected chi connectivity index (χ0v) is 22.6. The second kappa shape index (κ2) is 12.0. The van der Waals surface area contributed by atoms with E-state index in [-0.39, 0.29) is 18.7 Å². The van der Waals surface area contributed by atoms with Crippen molar-refractivity contribution < 1.29 is 37.1 Å². The van der Waals surface area contributed by atoms with Gasteiger partial charge >= 0.3 is 12.1 Å². The number of carboxylic acid groups (broad SMARTS) is 1. The molecule has 0 saturated heterocycles. The highest BCUT2D eigenvalue weighted by Gasteiger charge is 2.43. The van der Waals surface area contributed by atoms with E-state index in [2.05, 4.69) is 10.6 Å². The number of benzene rings is 3. The summed E-state index contributed by atoms with van der Waals surface area (Å²) in [5.74, 6) is -5.77. The van der Waals surface area contributed by atoms with Crippen LogP contribution in [0.4, 0.5) is 23.2 Å². The minimum atomic E-state index is -4.74. The molecule has 3 N–H and O–H groups in total. The molecule has 2 fully saturated rings. The first kappa shape index (κ1) is 29.3. The van der Waals surface area contributed by atoms with Gasteiger partial charge in [-0.05, 0) is 72.1 Å². The Bertz CT molecular complexity index is 1480. The molecule has 0 aliphatic heterocycles. The first-order valence-corrected chi connectivity index (χ1v) is 13.9. The van der Waals surface area contributed by atoms with E-state index in [1.165, 1.54) is 0 Å². The topological polar surface area (TPSA) is 95.5 Å². The standard InChI is InChI=1S/C32H30F4N2O4/c33-26-17-22(32(34,35)36)11-14-27(26)38-30(40)25-6-2-5-24(29(25)31(41)42)20-9-7-19(8-10-20)21-4-1-3-18(15-21)16-28(39)37-23-12-13-23/h1,3-4,7-11,14-15,17,23-25,29H,2,5-6,12-13,16H2,(H,37,39)(H,38,40)(H,41,42)/t24-,25-,29-/m1/s1. The minimum Gasteiger partial charge on any atom is -0.481 e. The maximum absolute atomic E-state index is 14.4. The van der Waals surface area contributed by atoms with Crippen LogP contribution in [0.2, 0.25) is 0 Å². The first-order chi connectivity index (χ1) is 20.0. The summed E-state index contributed by atoms with van der Waals surface area (Å²) >= 11 is 0. The largest absolute Gasteiger partial charge is 0.481 e. The number of alkyl halides is 3. The number of carbonyl (C=O) groups is 3. The van der Waals surface area contributed by atoms with Gasteiger partial charge in [0.15, 0.2) is 0 Å². The van der Waals surface area contributed by atoms with Crippen molar-refractivity contribution in [2.75, 3.05) is 5.32 Å². The third-order valence-corrected chi connectivity index (χ3v) is 7.98. The summed E-state index contributed by atoms with van der Waals surface area (Å²) in [4.78, 5) is 37.7. The molecule has 2 saturated carbocycles. The van der Waals surface area contributed by atoms with Crippen molar-refractivity contribution in [1.29, 1.82) is 0 Å². The van der Waals surface area contributed by atoms with Gasteiger partial charge in [0.05, 0.1) is 29.5 Å². The predicted octanol–water partition coefficient (Wildman–Crippen LogP) is 6.56. The van der Waals surface area contributed by atoms with Gasteiger partial charge in [-0.15, -0.1) is 0 Å². The SMILES string of the molecule is O=C(Cc1cccc(-c2ccc([C@H]3CCC[C@@H](C(=O)Nc4ccc(C(F)(F)F)cc4F)[C@@H]3C(=O)O)cc2)c1)NC1CC1. The lowest BCUT2D eigenvalue weighted by molar-refractivity contribution is -0.148. The molecule has 220 valence electrons. The smallest absolute Gasteiger partial charge is 0.416 e. The molecule has 0 spiro atoms. The summed E-state index contributed by atoms with van der Waals surface area (Å²) in [7, 11) is 0. The molecule has 3 atom stereocenters. The Morgan fingerprint density at radius 2 is 1.62 bits per heavy atom. The van der Waals surface area contributed by atoms with Crippen molar-refractivity contribution in [3.63, 3.8) is 0 Å². The van der Waals surface area contributed by atoms with E-state index in [1.54, 1.807) is 0 Å². The second-order valence-corrected chi connectivity index (χ2v) is 11.0. The molecule has 2 aliphatic rings. The fourth-order valence-electron chi connectivity index (χ4n) is 5.70. The quantitative estimate of drug-likeness (QED) is 0.262. The third-order valence-electron chi connectivity index (χ3n) is 7.98. The predicted molar refractivity (Wildman–Crippen MR) is 148 cm³/mol. The Morgan fingerprint density at radius 1 is 0.881 bits per heavy atom. The average molecular weight is 583 g/mol. The number of amides is 2. The lowest BCUT2D eigenvalue weighted by Crippen LogP contribution is -2.40. The first-order valence-electron chi connectivity index (χ1n) is 13.9. The fraction of sp³-hybridized carbons (Fsp3) is 0.344.